The predicted molar refractivity (Wildman–Crippen MR) is 71.6 cm³/mol. The fraction of sp³-hybridized carbons (Fsp3) is 0.467. The van der Waals surface area contributed by atoms with Crippen molar-refractivity contribution < 1.29 is 18.4 Å². The molecule has 0 bridgehead atoms. The molecule has 1 aliphatic heterocycles. The van der Waals surface area contributed by atoms with E-state index in [0.717, 1.165) is 11.0 Å². The van der Waals surface area contributed by atoms with Gasteiger partial charge in [0.2, 0.25) is 0 Å². The quantitative estimate of drug-likeness (QED) is 0.870. The van der Waals surface area contributed by atoms with Crippen LogP contribution in [0.25, 0.3) is 0 Å². The van der Waals surface area contributed by atoms with Gasteiger partial charge in [-0.1, -0.05) is 6.07 Å². The molecule has 1 saturated heterocycles. The second-order valence-corrected chi connectivity index (χ2v) is 6.35. The summed E-state index contributed by atoms with van der Waals surface area (Å²) in [6.07, 6.45) is 1.35. The molecule has 112 valence electrons. The Kier molecular flexibility index (Phi) is 2.83. The van der Waals surface area contributed by atoms with Gasteiger partial charge in [-0.2, -0.15) is 0 Å². The van der Waals surface area contributed by atoms with Crippen molar-refractivity contribution in [3.8, 4) is 0 Å². The third-order valence-corrected chi connectivity index (χ3v) is 4.26. The number of imide groups is 1. The average Bonchev–Trinajstić information content (AvgIpc) is 3.11. The highest BCUT2D eigenvalue weighted by Gasteiger charge is 2.53. The summed E-state index contributed by atoms with van der Waals surface area (Å²) in [5.41, 5.74) is -1.14. The van der Waals surface area contributed by atoms with E-state index in [0.29, 0.717) is 18.4 Å². The summed E-state index contributed by atoms with van der Waals surface area (Å²) in [6, 6.07) is 2.99. The van der Waals surface area contributed by atoms with Crippen molar-refractivity contribution >= 4 is 11.9 Å². The SMILES string of the molecule is CC1(C)NC(=O)N(CC2(c3ccc(F)cc3F)CC2)C1=O. The molecule has 0 radical (unpaired) electrons. The molecule has 1 aliphatic carbocycles. The Bertz CT molecular complexity index is 639. The lowest BCUT2D eigenvalue weighted by Crippen LogP contribution is -2.41. The van der Waals surface area contributed by atoms with Crippen molar-refractivity contribution in [2.45, 2.75) is 37.6 Å². The van der Waals surface area contributed by atoms with Gasteiger partial charge in [0.05, 0.1) is 0 Å². The van der Waals surface area contributed by atoms with E-state index >= 15 is 0 Å². The molecule has 21 heavy (non-hydrogen) atoms. The molecule has 4 nitrogen and oxygen atoms in total. The van der Waals surface area contributed by atoms with Crippen molar-refractivity contribution in [1.82, 2.24) is 10.2 Å². The lowest BCUT2D eigenvalue weighted by atomic mass is 9.94. The van der Waals surface area contributed by atoms with Crippen LogP contribution in [-0.4, -0.2) is 28.9 Å². The maximum atomic E-state index is 14.0. The Labute approximate surface area is 121 Å². The molecule has 1 heterocycles. The topological polar surface area (TPSA) is 49.4 Å². The predicted octanol–water partition coefficient (Wildman–Crippen LogP) is 2.33. The molecule has 0 aromatic heterocycles. The first-order chi connectivity index (χ1) is 9.75. The number of urea groups is 1. The van der Waals surface area contributed by atoms with Gasteiger partial charge in [0.15, 0.2) is 0 Å². The number of nitrogens with zero attached hydrogens (tertiary/aromatic N) is 1. The van der Waals surface area contributed by atoms with Gasteiger partial charge in [0, 0.05) is 18.0 Å². The van der Waals surface area contributed by atoms with Crippen LogP contribution in [0.4, 0.5) is 13.6 Å². The lowest BCUT2D eigenvalue weighted by Gasteiger charge is -2.23. The van der Waals surface area contributed by atoms with Gasteiger partial charge in [0.25, 0.3) is 5.91 Å². The average molecular weight is 294 g/mol. The molecule has 1 N–H and O–H groups in total. The third kappa shape index (κ3) is 2.18. The third-order valence-electron chi connectivity index (χ3n) is 4.26. The van der Waals surface area contributed by atoms with Crippen LogP contribution in [0.2, 0.25) is 0 Å². The molecule has 2 aliphatic rings. The molecule has 0 unspecified atom stereocenters. The highest BCUT2D eigenvalue weighted by atomic mass is 19.1. The molecule has 1 aromatic rings. The van der Waals surface area contributed by atoms with Gasteiger partial charge in [-0.15, -0.1) is 0 Å². The zero-order valence-electron chi connectivity index (χ0n) is 11.9. The zero-order chi connectivity index (χ0) is 15.4. The second-order valence-electron chi connectivity index (χ2n) is 6.35. The Morgan fingerprint density at radius 3 is 2.38 bits per heavy atom. The van der Waals surface area contributed by atoms with Crippen molar-refractivity contribution in [1.29, 1.82) is 0 Å². The molecule has 1 aromatic carbocycles. The number of hydrogen-bond acceptors (Lipinski definition) is 2. The summed E-state index contributed by atoms with van der Waals surface area (Å²) in [5, 5.41) is 2.60. The molecule has 3 amide bonds. The number of carbonyl (C=O) groups excluding carboxylic acids is 2. The van der Waals surface area contributed by atoms with Gasteiger partial charge in [-0.05, 0) is 38.3 Å². The zero-order valence-corrected chi connectivity index (χ0v) is 11.9. The second kappa shape index (κ2) is 4.26. The Morgan fingerprint density at radius 1 is 1.24 bits per heavy atom. The van der Waals surface area contributed by atoms with E-state index < -0.39 is 28.6 Å². The molecule has 0 atom stereocenters. The van der Waals surface area contributed by atoms with E-state index in [9.17, 15) is 18.4 Å². The first kappa shape index (κ1) is 14.0. The van der Waals surface area contributed by atoms with Crippen molar-refractivity contribution in [3.63, 3.8) is 0 Å². The highest BCUT2D eigenvalue weighted by Crippen LogP contribution is 2.50. The monoisotopic (exact) mass is 294 g/mol. The largest absolute Gasteiger partial charge is 0.325 e. The number of halogens is 2. The number of rotatable bonds is 3. The van der Waals surface area contributed by atoms with Crippen LogP contribution in [0.3, 0.4) is 0 Å². The van der Waals surface area contributed by atoms with Crippen LogP contribution in [-0.2, 0) is 10.2 Å². The Morgan fingerprint density at radius 2 is 1.90 bits per heavy atom. The standard InChI is InChI=1S/C15H16F2N2O2/c1-14(2)12(20)19(13(21)18-14)8-15(5-6-15)10-4-3-9(16)7-11(10)17/h3-4,7H,5-6,8H2,1-2H3,(H,18,21). The minimum Gasteiger partial charge on any atom is -0.324 e. The number of amides is 3. The Balaban J connectivity index is 1.88. The van der Waals surface area contributed by atoms with E-state index in [1.165, 1.54) is 12.1 Å². The number of hydrogen-bond donors (Lipinski definition) is 1. The minimum atomic E-state index is -0.936. The molecule has 3 rings (SSSR count). The summed E-state index contributed by atoms with van der Waals surface area (Å²) >= 11 is 0. The van der Waals surface area contributed by atoms with E-state index in [1.54, 1.807) is 13.8 Å². The number of benzene rings is 1. The van der Waals surface area contributed by atoms with Crippen LogP contribution >= 0.6 is 0 Å². The lowest BCUT2D eigenvalue weighted by molar-refractivity contribution is -0.130. The van der Waals surface area contributed by atoms with Gasteiger partial charge in [-0.3, -0.25) is 9.69 Å². The summed E-state index contributed by atoms with van der Waals surface area (Å²) in [7, 11) is 0. The molecular weight excluding hydrogens is 278 g/mol. The van der Waals surface area contributed by atoms with E-state index in [1.807, 2.05) is 0 Å². The van der Waals surface area contributed by atoms with Crippen molar-refractivity contribution in [2.24, 2.45) is 0 Å². The van der Waals surface area contributed by atoms with Crippen molar-refractivity contribution in [2.75, 3.05) is 6.54 Å². The van der Waals surface area contributed by atoms with Crippen LogP contribution < -0.4 is 5.32 Å². The smallest absolute Gasteiger partial charge is 0.324 e. The highest BCUT2D eigenvalue weighted by molar-refractivity contribution is 6.06. The first-order valence-electron chi connectivity index (χ1n) is 6.85. The molecule has 2 fully saturated rings. The van der Waals surface area contributed by atoms with Gasteiger partial charge in [0.1, 0.15) is 17.2 Å². The fourth-order valence-electron chi connectivity index (χ4n) is 2.85. The fourth-order valence-corrected chi connectivity index (χ4v) is 2.85. The van der Waals surface area contributed by atoms with E-state index in [-0.39, 0.29) is 12.5 Å². The van der Waals surface area contributed by atoms with Crippen LogP contribution in [0.1, 0.15) is 32.3 Å². The summed E-state index contributed by atoms with van der Waals surface area (Å²) in [4.78, 5) is 25.3. The minimum absolute atomic E-state index is 0.129. The molecule has 1 saturated carbocycles. The van der Waals surface area contributed by atoms with Gasteiger partial charge >= 0.3 is 6.03 Å². The number of nitrogens with one attached hydrogen (secondary N) is 1. The maximum absolute atomic E-state index is 14.0. The summed E-state index contributed by atoms with van der Waals surface area (Å²) in [6.45, 7) is 3.39. The van der Waals surface area contributed by atoms with Gasteiger partial charge < -0.3 is 5.32 Å². The Hall–Kier alpha value is -1.98. The van der Waals surface area contributed by atoms with Crippen LogP contribution in [0, 0.1) is 11.6 Å². The molecular formula is C15H16F2N2O2. The number of carbonyl (C=O) groups is 2. The van der Waals surface area contributed by atoms with Gasteiger partial charge in [-0.25, -0.2) is 13.6 Å². The molecule has 6 heteroatoms. The van der Waals surface area contributed by atoms with Crippen LogP contribution in [0.5, 0.6) is 0 Å². The van der Waals surface area contributed by atoms with Crippen molar-refractivity contribution in [3.05, 3.63) is 35.4 Å². The van der Waals surface area contributed by atoms with E-state index in [2.05, 4.69) is 5.32 Å². The summed E-state index contributed by atoms with van der Waals surface area (Å²) < 4.78 is 27.0. The van der Waals surface area contributed by atoms with Crippen LogP contribution in [0.15, 0.2) is 18.2 Å². The summed E-state index contributed by atoms with van der Waals surface area (Å²) in [5.74, 6) is -1.58. The molecule has 0 spiro atoms. The van der Waals surface area contributed by atoms with E-state index in [4.69, 9.17) is 0 Å². The normalized spacial score (nSPS) is 22.4. The first-order valence-corrected chi connectivity index (χ1v) is 6.85. The maximum Gasteiger partial charge on any atom is 0.325 e.